The molecular formula is C26H31BrN2O6. The van der Waals surface area contributed by atoms with Crippen LogP contribution in [-0.2, 0) is 9.59 Å². The molecule has 35 heavy (non-hydrogen) atoms. The topological polar surface area (TPSA) is 88.5 Å². The van der Waals surface area contributed by atoms with Crippen LogP contribution in [0.4, 0.5) is 0 Å². The number of Topliss-reactive ketones (excluding diaryl/α,β-unsaturated/α-hetero) is 1. The number of ether oxygens (including phenoxy) is 3. The van der Waals surface area contributed by atoms with Gasteiger partial charge in [-0.1, -0.05) is 19.9 Å². The standard InChI is InChI=1S/C26H31BrN2O6/c1-6-28(7-2)12-13-29-23(16-8-11-20(34-4)21(15-16)35-5)22(25(31)26(29)32)24(30)17-9-10-19(33-3)18(27)14-17/h8-11,14-15,23,30H,6-7,12-13H2,1-5H3/b24-22-. The Labute approximate surface area is 214 Å². The Hall–Kier alpha value is -3.04. The van der Waals surface area contributed by atoms with E-state index >= 15 is 0 Å². The van der Waals surface area contributed by atoms with E-state index in [4.69, 9.17) is 14.2 Å². The average molecular weight is 547 g/mol. The van der Waals surface area contributed by atoms with Gasteiger partial charge in [0.15, 0.2) is 11.5 Å². The van der Waals surface area contributed by atoms with Gasteiger partial charge in [0.05, 0.1) is 37.4 Å². The van der Waals surface area contributed by atoms with E-state index < -0.39 is 17.7 Å². The number of carbonyl (C=O) groups is 2. The molecule has 1 saturated heterocycles. The lowest BCUT2D eigenvalue weighted by Gasteiger charge is -2.28. The largest absolute Gasteiger partial charge is 0.507 e. The molecule has 2 aromatic carbocycles. The molecule has 1 aliphatic heterocycles. The van der Waals surface area contributed by atoms with Crippen LogP contribution in [0.1, 0.15) is 31.0 Å². The second-order valence-electron chi connectivity index (χ2n) is 7.98. The minimum Gasteiger partial charge on any atom is -0.507 e. The monoisotopic (exact) mass is 546 g/mol. The minimum absolute atomic E-state index is 0.0267. The average Bonchev–Trinajstić information content (AvgIpc) is 3.13. The van der Waals surface area contributed by atoms with Gasteiger partial charge in [0, 0.05) is 18.7 Å². The summed E-state index contributed by atoms with van der Waals surface area (Å²) in [6.45, 7) is 6.66. The Morgan fingerprint density at radius 3 is 2.17 bits per heavy atom. The summed E-state index contributed by atoms with van der Waals surface area (Å²) in [6.07, 6.45) is 0. The van der Waals surface area contributed by atoms with Crippen LogP contribution in [0, 0.1) is 0 Å². The van der Waals surface area contributed by atoms with E-state index in [9.17, 15) is 14.7 Å². The number of aliphatic hydroxyl groups is 1. The number of rotatable bonds is 10. The summed E-state index contributed by atoms with van der Waals surface area (Å²) in [7, 11) is 4.60. The van der Waals surface area contributed by atoms with Crippen LogP contribution in [0.2, 0.25) is 0 Å². The first kappa shape index (κ1) is 26.6. The molecule has 0 aliphatic carbocycles. The first-order chi connectivity index (χ1) is 16.8. The van der Waals surface area contributed by atoms with Crippen molar-refractivity contribution < 1.29 is 28.9 Å². The number of halogens is 1. The highest BCUT2D eigenvalue weighted by Crippen LogP contribution is 2.42. The molecule has 1 N–H and O–H groups in total. The number of nitrogens with zero attached hydrogens (tertiary/aromatic N) is 2. The molecule has 0 saturated carbocycles. The third-order valence-corrected chi connectivity index (χ3v) is 6.86. The first-order valence-electron chi connectivity index (χ1n) is 11.4. The fourth-order valence-electron chi connectivity index (χ4n) is 4.24. The summed E-state index contributed by atoms with van der Waals surface area (Å²) in [5.74, 6) is -0.0590. The van der Waals surface area contributed by atoms with Crippen LogP contribution < -0.4 is 14.2 Å². The van der Waals surface area contributed by atoms with E-state index in [0.717, 1.165) is 13.1 Å². The van der Waals surface area contributed by atoms with E-state index in [-0.39, 0.29) is 11.3 Å². The molecule has 0 bridgehead atoms. The molecular weight excluding hydrogens is 516 g/mol. The van der Waals surface area contributed by atoms with Gasteiger partial charge in [-0.2, -0.15) is 0 Å². The summed E-state index contributed by atoms with van der Waals surface area (Å²) in [5.41, 5.74) is 1.05. The molecule has 0 spiro atoms. The van der Waals surface area contributed by atoms with Crippen LogP contribution >= 0.6 is 15.9 Å². The van der Waals surface area contributed by atoms with Gasteiger partial charge < -0.3 is 29.1 Å². The van der Waals surface area contributed by atoms with Gasteiger partial charge in [-0.15, -0.1) is 0 Å². The molecule has 1 heterocycles. The molecule has 1 atom stereocenters. The Bertz CT molecular complexity index is 1130. The van der Waals surface area contributed by atoms with Gasteiger partial charge in [0.2, 0.25) is 0 Å². The quantitative estimate of drug-likeness (QED) is 0.271. The molecule has 9 heteroatoms. The van der Waals surface area contributed by atoms with Crippen molar-refractivity contribution in [2.24, 2.45) is 0 Å². The van der Waals surface area contributed by atoms with Gasteiger partial charge >= 0.3 is 0 Å². The van der Waals surface area contributed by atoms with Crippen molar-refractivity contribution in [1.82, 2.24) is 9.80 Å². The summed E-state index contributed by atoms with van der Waals surface area (Å²) in [6, 6.07) is 9.43. The SMILES string of the molecule is CCN(CC)CCN1C(=O)C(=O)/C(=C(\O)c2ccc(OC)c(Br)c2)C1c1ccc(OC)c(OC)c1. The first-order valence-corrected chi connectivity index (χ1v) is 12.2. The highest BCUT2D eigenvalue weighted by Gasteiger charge is 2.46. The number of likely N-dealkylation sites (N-methyl/N-ethyl adjacent to an activating group) is 1. The lowest BCUT2D eigenvalue weighted by molar-refractivity contribution is -0.140. The zero-order valence-corrected chi connectivity index (χ0v) is 22.2. The second kappa shape index (κ2) is 11.6. The van der Waals surface area contributed by atoms with Crippen molar-refractivity contribution in [3.05, 3.63) is 57.6 Å². The number of benzene rings is 2. The number of likely N-dealkylation sites (tertiary alicyclic amines) is 1. The number of methoxy groups -OCH3 is 3. The number of aliphatic hydroxyl groups excluding tert-OH is 1. The Balaban J connectivity index is 2.17. The zero-order valence-electron chi connectivity index (χ0n) is 20.6. The maximum atomic E-state index is 13.3. The van der Waals surface area contributed by atoms with Crippen molar-refractivity contribution >= 4 is 33.4 Å². The van der Waals surface area contributed by atoms with Crippen LogP contribution in [0.25, 0.3) is 5.76 Å². The smallest absolute Gasteiger partial charge is 0.295 e. The Kier molecular flexibility index (Phi) is 8.80. The summed E-state index contributed by atoms with van der Waals surface area (Å²) < 4.78 is 16.7. The number of hydrogen-bond acceptors (Lipinski definition) is 7. The molecule has 1 unspecified atom stereocenters. The number of ketones is 1. The van der Waals surface area contributed by atoms with E-state index in [0.29, 0.717) is 45.9 Å². The molecule has 3 rings (SSSR count). The highest BCUT2D eigenvalue weighted by atomic mass is 79.9. The summed E-state index contributed by atoms with van der Waals surface area (Å²) in [5, 5.41) is 11.3. The van der Waals surface area contributed by atoms with Crippen LogP contribution in [-0.4, -0.2) is 74.1 Å². The number of amides is 1. The summed E-state index contributed by atoms with van der Waals surface area (Å²) in [4.78, 5) is 30.2. The summed E-state index contributed by atoms with van der Waals surface area (Å²) >= 11 is 3.42. The van der Waals surface area contributed by atoms with Gasteiger partial charge in [0.1, 0.15) is 11.5 Å². The number of hydrogen-bond donors (Lipinski definition) is 1. The van der Waals surface area contributed by atoms with Crippen molar-refractivity contribution in [3.63, 3.8) is 0 Å². The molecule has 2 aromatic rings. The predicted molar refractivity (Wildman–Crippen MR) is 137 cm³/mol. The zero-order chi connectivity index (χ0) is 25.7. The molecule has 0 aromatic heterocycles. The van der Waals surface area contributed by atoms with Gasteiger partial charge in [-0.3, -0.25) is 9.59 Å². The maximum absolute atomic E-state index is 13.3. The lowest BCUT2D eigenvalue weighted by Crippen LogP contribution is -2.38. The molecule has 188 valence electrons. The fourth-order valence-corrected chi connectivity index (χ4v) is 4.78. The van der Waals surface area contributed by atoms with Crippen LogP contribution in [0.3, 0.4) is 0 Å². The van der Waals surface area contributed by atoms with Crippen molar-refractivity contribution in [2.45, 2.75) is 19.9 Å². The second-order valence-corrected chi connectivity index (χ2v) is 8.84. The van der Waals surface area contributed by atoms with Crippen molar-refractivity contribution in [2.75, 3.05) is 47.5 Å². The van der Waals surface area contributed by atoms with Crippen LogP contribution in [0.5, 0.6) is 17.2 Å². The van der Waals surface area contributed by atoms with E-state index in [1.165, 1.54) is 26.2 Å². The third-order valence-electron chi connectivity index (χ3n) is 6.24. The van der Waals surface area contributed by atoms with Crippen molar-refractivity contribution in [1.29, 1.82) is 0 Å². The number of carbonyl (C=O) groups excluding carboxylic acids is 2. The van der Waals surface area contributed by atoms with Crippen molar-refractivity contribution in [3.8, 4) is 17.2 Å². The minimum atomic E-state index is -0.786. The van der Waals surface area contributed by atoms with E-state index in [2.05, 4.69) is 20.8 Å². The highest BCUT2D eigenvalue weighted by molar-refractivity contribution is 9.10. The van der Waals surface area contributed by atoms with Gasteiger partial charge in [0.25, 0.3) is 11.7 Å². The third kappa shape index (κ3) is 5.31. The van der Waals surface area contributed by atoms with Crippen LogP contribution in [0.15, 0.2) is 46.4 Å². The molecule has 1 amide bonds. The molecule has 1 aliphatic rings. The van der Waals surface area contributed by atoms with Gasteiger partial charge in [-0.05, 0) is 64.9 Å². The lowest BCUT2D eigenvalue weighted by atomic mass is 9.95. The predicted octanol–water partition coefficient (Wildman–Crippen LogP) is 4.24. The Morgan fingerprint density at radius 2 is 1.60 bits per heavy atom. The Morgan fingerprint density at radius 1 is 0.971 bits per heavy atom. The normalized spacial score (nSPS) is 17.2. The fraction of sp³-hybridized carbons (Fsp3) is 0.385. The molecule has 8 nitrogen and oxygen atoms in total. The molecule has 0 radical (unpaired) electrons. The van der Waals surface area contributed by atoms with Gasteiger partial charge in [-0.25, -0.2) is 0 Å². The molecule has 1 fully saturated rings. The van der Waals surface area contributed by atoms with E-state index in [1.807, 2.05) is 13.8 Å². The van der Waals surface area contributed by atoms with E-state index in [1.54, 1.807) is 36.4 Å². The maximum Gasteiger partial charge on any atom is 0.295 e.